The summed E-state index contributed by atoms with van der Waals surface area (Å²) in [7, 11) is 2.81. The van der Waals surface area contributed by atoms with Crippen LogP contribution in [0.3, 0.4) is 0 Å². The van der Waals surface area contributed by atoms with Gasteiger partial charge in [0.25, 0.3) is 0 Å². The summed E-state index contributed by atoms with van der Waals surface area (Å²) in [6.45, 7) is 0.826. The number of methoxy groups -OCH3 is 2. The molecule has 2 aliphatic rings. The van der Waals surface area contributed by atoms with Crippen molar-refractivity contribution in [2.24, 2.45) is 23.7 Å². The molecule has 1 heterocycles. The summed E-state index contributed by atoms with van der Waals surface area (Å²) in [5.74, 6) is -1.91. The second-order valence-electron chi connectivity index (χ2n) is 7.43. The molecule has 4 rings (SSSR count). The highest BCUT2D eigenvalue weighted by Gasteiger charge is 2.53. The zero-order chi connectivity index (χ0) is 20.4. The van der Waals surface area contributed by atoms with Gasteiger partial charge in [-0.25, -0.2) is 0 Å². The fraction of sp³-hybridized carbons (Fsp3) is 0.333. The van der Waals surface area contributed by atoms with Crippen molar-refractivity contribution in [1.82, 2.24) is 0 Å². The van der Waals surface area contributed by atoms with Crippen molar-refractivity contribution in [2.45, 2.75) is 0 Å². The number of fused-ring (bicyclic) bond motifs is 1. The van der Waals surface area contributed by atoms with Crippen LogP contribution in [0.1, 0.15) is 11.1 Å². The van der Waals surface area contributed by atoms with Gasteiger partial charge in [0.1, 0.15) is 0 Å². The predicted octanol–water partition coefficient (Wildman–Crippen LogP) is 3.45. The molecule has 5 nitrogen and oxygen atoms in total. The van der Waals surface area contributed by atoms with Crippen LogP contribution in [0, 0.1) is 23.7 Å². The lowest BCUT2D eigenvalue weighted by molar-refractivity contribution is -0.149. The Bertz CT molecular complexity index is 843. The third-order valence-corrected chi connectivity index (χ3v) is 6.02. The Kier molecular flexibility index (Phi) is 5.49. The van der Waals surface area contributed by atoms with Gasteiger partial charge in [0.05, 0.1) is 39.3 Å². The van der Waals surface area contributed by atoms with Crippen molar-refractivity contribution < 1.29 is 23.8 Å². The van der Waals surface area contributed by atoms with Crippen LogP contribution in [0.15, 0.2) is 60.7 Å². The van der Waals surface area contributed by atoms with Crippen LogP contribution < -0.4 is 0 Å². The molecular formula is C24H24O5. The number of benzene rings is 2. The van der Waals surface area contributed by atoms with Crippen molar-refractivity contribution in [3.05, 3.63) is 71.8 Å². The maximum absolute atomic E-state index is 13.0. The quantitative estimate of drug-likeness (QED) is 0.746. The van der Waals surface area contributed by atoms with Gasteiger partial charge in [-0.1, -0.05) is 60.7 Å². The molecule has 150 valence electrons. The molecule has 5 heteroatoms. The molecule has 1 aliphatic heterocycles. The lowest BCUT2D eigenvalue weighted by Gasteiger charge is -2.39. The van der Waals surface area contributed by atoms with E-state index >= 15 is 0 Å². The second-order valence-corrected chi connectivity index (χ2v) is 7.43. The molecule has 1 fully saturated rings. The summed E-state index contributed by atoms with van der Waals surface area (Å²) in [5, 5.41) is 0. The standard InChI is InChI=1S/C24H24O5/c1-27-23(25)21-17-13-29-14-18(17)22(24(26)28-2)20(16-11-7-4-8-12-16)19(21)15-9-5-3-6-10-15/h3-12,17-18,21-22H,13-14H2,1-2H3/t17-,18+,21-,22+. The highest BCUT2D eigenvalue weighted by Crippen LogP contribution is 2.53. The average Bonchev–Trinajstić information content (AvgIpc) is 3.26. The Hall–Kier alpha value is -2.92. The van der Waals surface area contributed by atoms with E-state index in [0.29, 0.717) is 13.2 Å². The van der Waals surface area contributed by atoms with Gasteiger partial charge < -0.3 is 14.2 Å². The zero-order valence-electron chi connectivity index (χ0n) is 16.5. The molecule has 0 N–H and O–H groups in total. The smallest absolute Gasteiger partial charge is 0.313 e. The normalized spacial score (nSPS) is 26.0. The molecule has 2 aromatic rings. The van der Waals surface area contributed by atoms with Crippen LogP contribution in [0.25, 0.3) is 11.1 Å². The summed E-state index contributed by atoms with van der Waals surface area (Å²) in [4.78, 5) is 26.0. The van der Waals surface area contributed by atoms with E-state index in [1.165, 1.54) is 14.2 Å². The minimum Gasteiger partial charge on any atom is -0.469 e. The Morgan fingerprint density at radius 3 is 1.45 bits per heavy atom. The lowest BCUT2D eigenvalue weighted by Crippen LogP contribution is -2.42. The highest BCUT2D eigenvalue weighted by molar-refractivity contribution is 6.07. The van der Waals surface area contributed by atoms with Crippen molar-refractivity contribution in [3.8, 4) is 0 Å². The molecule has 0 spiro atoms. The van der Waals surface area contributed by atoms with E-state index < -0.39 is 11.8 Å². The van der Waals surface area contributed by atoms with Gasteiger partial charge in [-0.2, -0.15) is 0 Å². The van der Waals surface area contributed by atoms with E-state index in [0.717, 1.165) is 22.3 Å². The van der Waals surface area contributed by atoms with Gasteiger partial charge in [-0.05, 0) is 22.3 Å². The van der Waals surface area contributed by atoms with Gasteiger partial charge in [-0.15, -0.1) is 0 Å². The summed E-state index contributed by atoms with van der Waals surface area (Å²) in [5.41, 5.74) is 3.46. The molecule has 1 saturated heterocycles. The molecule has 4 atom stereocenters. The minimum absolute atomic E-state index is 0.144. The van der Waals surface area contributed by atoms with Crippen molar-refractivity contribution in [2.75, 3.05) is 27.4 Å². The first-order valence-corrected chi connectivity index (χ1v) is 9.75. The fourth-order valence-corrected chi connectivity index (χ4v) is 4.78. The van der Waals surface area contributed by atoms with E-state index in [2.05, 4.69) is 0 Å². The molecule has 0 saturated carbocycles. The minimum atomic E-state index is -0.508. The largest absolute Gasteiger partial charge is 0.469 e. The fourth-order valence-electron chi connectivity index (χ4n) is 4.78. The molecule has 1 aliphatic carbocycles. The topological polar surface area (TPSA) is 61.8 Å². The molecule has 0 amide bonds. The van der Waals surface area contributed by atoms with Crippen LogP contribution in [0.5, 0.6) is 0 Å². The van der Waals surface area contributed by atoms with Crippen molar-refractivity contribution in [3.63, 3.8) is 0 Å². The predicted molar refractivity (Wildman–Crippen MR) is 109 cm³/mol. The monoisotopic (exact) mass is 392 g/mol. The van der Waals surface area contributed by atoms with Crippen LogP contribution in [0.4, 0.5) is 0 Å². The molecule has 0 unspecified atom stereocenters. The Balaban J connectivity index is 2.05. The van der Waals surface area contributed by atoms with E-state index in [1.807, 2.05) is 60.7 Å². The number of ether oxygens (including phenoxy) is 3. The van der Waals surface area contributed by atoms with E-state index in [9.17, 15) is 9.59 Å². The number of carbonyl (C=O) groups excluding carboxylic acids is 2. The zero-order valence-corrected chi connectivity index (χ0v) is 16.5. The SMILES string of the molecule is COC(=O)[C@@H]1C(c2ccccc2)=C(c2ccccc2)[C@H](C(=O)OC)[C@@H]2COC[C@H]12. The van der Waals surface area contributed by atoms with Gasteiger partial charge in [0, 0.05) is 11.8 Å². The summed E-state index contributed by atoms with van der Waals surface area (Å²) < 4.78 is 16.2. The van der Waals surface area contributed by atoms with Crippen molar-refractivity contribution in [1.29, 1.82) is 0 Å². The van der Waals surface area contributed by atoms with E-state index in [4.69, 9.17) is 14.2 Å². The van der Waals surface area contributed by atoms with E-state index in [1.54, 1.807) is 0 Å². The Morgan fingerprint density at radius 1 is 0.724 bits per heavy atom. The van der Waals surface area contributed by atoms with Gasteiger partial charge >= 0.3 is 11.9 Å². The summed E-state index contributed by atoms with van der Waals surface area (Å²) in [6, 6.07) is 19.5. The molecule has 0 aromatic heterocycles. The summed E-state index contributed by atoms with van der Waals surface area (Å²) >= 11 is 0. The third kappa shape index (κ3) is 3.36. The molecule has 2 aromatic carbocycles. The molecule has 29 heavy (non-hydrogen) atoms. The second kappa shape index (κ2) is 8.21. The first-order chi connectivity index (χ1) is 14.2. The maximum atomic E-state index is 13.0. The van der Waals surface area contributed by atoms with Gasteiger partial charge in [0.2, 0.25) is 0 Å². The first kappa shape index (κ1) is 19.4. The third-order valence-electron chi connectivity index (χ3n) is 6.02. The first-order valence-electron chi connectivity index (χ1n) is 9.75. The number of rotatable bonds is 4. The van der Waals surface area contributed by atoms with Gasteiger partial charge in [-0.3, -0.25) is 9.59 Å². The number of hydrogen-bond donors (Lipinski definition) is 0. The van der Waals surface area contributed by atoms with Crippen LogP contribution in [-0.2, 0) is 23.8 Å². The number of carbonyl (C=O) groups is 2. The van der Waals surface area contributed by atoms with Crippen LogP contribution >= 0.6 is 0 Å². The highest BCUT2D eigenvalue weighted by atomic mass is 16.5. The Labute approximate surface area is 170 Å². The van der Waals surface area contributed by atoms with E-state index in [-0.39, 0.29) is 23.8 Å². The van der Waals surface area contributed by atoms with Crippen LogP contribution in [0.2, 0.25) is 0 Å². The maximum Gasteiger partial charge on any atom is 0.313 e. The molecule has 0 radical (unpaired) electrons. The van der Waals surface area contributed by atoms with Crippen LogP contribution in [-0.4, -0.2) is 39.4 Å². The average molecular weight is 392 g/mol. The lowest BCUT2D eigenvalue weighted by atomic mass is 9.62. The van der Waals surface area contributed by atoms with Crippen molar-refractivity contribution >= 4 is 23.1 Å². The summed E-state index contributed by atoms with van der Waals surface area (Å²) in [6.07, 6.45) is 0. The number of hydrogen-bond acceptors (Lipinski definition) is 5. The van der Waals surface area contributed by atoms with Gasteiger partial charge in [0.15, 0.2) is 0 Å². The Morgan fingerprint density at radius 2 is 1.10 bits per heavy atom. The molecule has 0 bridgehead atoms. The molecular weight excluding hydrogens is 368 g/mol. The number of esters is 2.